The number of carbonyl (C=O) groups excluding carboxylic acids is 1. The van der Waals surface area contributed by atoms with Crippen LogP contribution in [0.15, 0.2) is 28.9 Å². The SMILES string of the molecule is CCC(C)NC(=O)c1coc(-c2ccc(Cl)c(Cl)c2)n1. The van der Waals surface area contributed by atoms with Crippen LogP contribution in [0.5, 0.6) is 0 Å². The van der Waals surface area contributed by atoms with Gasteiger partial charge in [0, 0.05) is 11.6 Å². The fourth-order valence-corrected chi connectivity index (χ4v) is 1.84. The first-order valence-corrected chi connectivity index (χ1v) is 6.98. The summed E-state index contributed by atoms with van der Waals surface area (Å²) in [5.74, 6) is 0.0762. The predicted octanol–water partition coefficient (Wildman–Crippen LogP) is 4.18. The van der Waals surface area contributed by atoms with Crippen molar-refractivity contribution in [2.75, 3.05) is 0 Å². The number of aromatic nitrogens is 1. The number of carbonyl (C=O) groups is 1. The van der Waals surface area contributed by atoms with Crippen LogP contribution in [0.1, 0.15) is 30.8 Å². The van der Waals surface area contributed by atoms with Gasteiger partial charge in [-0.25, -0.2) is 4.98 Å². The molecule has 0 saturated heterocycles. The Labute approximate surface area is 127 Å². The third-order valence-electron chi connectivity index (χ3n) is 2.89. The Morgan fingerprint density at radius 1 is 1.40 bits per heavy atom. The molecule has 0 spiro atoms. The topological polar surface area (TPSA) is 55.1 Å². The van der Waals surface area contributed by atoms with Crippen LogP contribution in [-0.2, 0) is 0 Å². The van der Waals surface area contributed by atoms with E-state index < -0.39 is 0 Å². The highest BCUT2D eigenvalue weighted by molar-refractivity contribution is 6.42. The fourth-order valence-electron chi connectivity index (χ4n) is 1.54. The molecule has 0 aliphatic rings. The Morgan fingerprint density at radius 2 is 2.15 bits per heavy atom. The molecule has 1 aromatic carbocycles. The number of hydrogen-bond donors (Lipinski definition) is 1. The van der Waals surface area contributed by atoms with E-state index in [4.69, 9.17) is 27.6 Å². The van der Waals surface area contributed by atoms with E-state index >= 15 is 0 Å². The van der Waals surface area contributed by atoms with Gasteiger partial charge in [-0.2, -0.15) is 0 Å². The van der Waals surface area contributed by atoms with E-state index in [1.807, 2.05) is 13.8 Å². The first-order chi connectivity index (χ1) is 9.51. The molecule has 6 heteroatoms. The fraction of sp³-hybridized carbons (Fsp3) is 0.286. The van der Waals surface area contributed by atoms with Crippen molar-refractivity contribution < 1.29 is 9.21 Å². The van der Waals surface area contributed by atoms with Gasteiger partial charge in [-0.3, -0.25) is 4.79 Å². The molecule has 0 fully saturated rings. The smallest absolute Gasteiger partial charge is 0.273 e. The van der Waals surface area contributed by atoms with Gasteiger partial charge in [0.25, 0.3) is 5.91 Å². The van der Waals surface area contributed by atoms with E-state index in [-0.39, 0.29) is 17.6 Å². The summed E-state index contributed by atoms with van der Waals surface area (Å²) in [6.07, 6.45) is 2.18. The second kappa shape index (κ2) is 6.29. The number of amides is 1. The van der Waals surface area contributed by atoms with Crippen molar-refractivity contribution in [3.63, 3.8) is 0 Å². The summed E-state index contributed by atoms with van der Waals surface area (Å²) in [5.41, 5.74) is 0.911. The minimum atomic E-state index is -0.255. The van der Waals surface area contributed by atoms with E-state index in [0.29, 0.717) is 21.5 Å². The molecule has 106 valence electrons. The number of benzene rings is 1. The maximum atomic E-state index is 11.9. The third-order valence-corrected chi connectivity index (χ3v) is 3.63. The lowest BCUT2D eigenvalue weighted by Crippen LogP contribution is -2.32. The molecule has 1 unspecified atom stereocenters. The van der Waals surface area contributed by atoms with Crippen molar-refractivity contribution in [2.24, 2.45) is 0 Å². The van der Waals surface area contributed by atoms with Crippen LogP contribution < -0.4 is 5.32 Å². The predicted molar refractivity (Wildman–Crippen MR) is 79.2 cm³/mol. The normalized spacial score (nSPS) is 12.2. The monoisotopic (exact) mass is 312 g/mol. The lowest BCUT2D eigenvalue weighted by molar-refractivity contribution is 0.0934. The highest BCUT2D eigenvalue weighted by Crippen LogP contribution is 2.28. The third kappa shape index (κ3) is 3.32. The quantitative estimate of drug-likeness (QED) is 0.921. The molecule has 0 aliphatic carbocycles. The number of oxazole rings is 1. The van der Waals surface area contributed by atoms with Gasteiger partial charge < -0.3 is 9.73 Å². The summed E-state index contributed by atoms with van der Waals surface area (Å²) < 4.78 is 5.31. The largest absolute Gasteiger partial charge is 0.444 e. The van der Waals surface area contributed by atoms with Gasteiger partial charge in [-0.15, -0.1) is 0 Å². The van der Waals surface area contributed by atoms with Gasteiger partial charge in [0.2, 0.25) is 5.89 Å². The standard InChI is InChI=1S/C14H14Cl2N2O2/c1-3-8(2)17-13(19)12-7-20-14(18-12)9-4-5-10(15)11(16)6-9/h4-8H,3H2,1-2H3,(H,17,19). The van der Waals surface area contributed by atoms with E-state index in [1.165, 1.54) is 6.26 Å². The first-order valence-electron chi connectivity index (χ1n) is 6.23. The van der Waals surface area contributed by atoms with Crippen molar-refractivity contribution in [1.29, 1.82) is 0 Å². The number of nitrogens with one attached hydrogen (secondary N) is 1. The van der Waals surface area contributed by atoms with Crippen LogP contribution in [0.25, 0.3) is 11.5 Å². The average Bonchev–Trinajstić information content (AvgIpc) is 2.91. The van der Waals surface area contributed by atoms with E-state index in [0.717, 1.165) is 6.42 Å². The molecule has 2 aromatic rings. The molecule has 0 aliphatic heterocycles. The summed E-state index contributed by atoms with van der Waals surface area (Å²) in [6.45, 7) is 3.92. The molecule has 1 N–H and O–H groups in total. The Hall–Kier alpha value is -1.52. The van der Waals surface area contributed by atoms with Crippen molar-refractivity contribution >= 4 is 29.1 Å². The second-order valence-electron chi connectivity index (χ2n) is 4.45. The lowest BCUT2D eigenvalue weighted by Gasteiger charge is -2.08. The molecular weight excluding hydrogens is 299 g/mol. The molecule has 0 bridgehead atoms. The molecule has 0 radical (unpaired) electrons. The van der Waals surface area contributed by atoms with Gasteiger partial charge in [-0.05, 0) is 31.5 Å². The maximum Gasteiger partial charge on any atom is 0.273 e. The minimum absolute atomic E-state index is 0.0904. The molecule has 20 heavy (non-hydrogen) atoms. The van der Waals surface area contributed by atoms with Crippen LogP contribution in [0.2, 0.25) is 10.0 Å². The molecular formula is C14H14Cl2N2O2. The molecule has 4 nitrogen and oxygen atoms in total. The van der Waals surface area contributed by atoms with Gasteiger partial charge in [0.15, 0.2) is 5.69 Å². The molecule has 1 amide bonds. The van der Waals surface area contributed by atoms with Gasteiger partial charge in [-0.1, -0.05) is 30.1 Å². The zero-order chi connectivity index (χ0) is 14.7. The summed E-state index contributed by atoms with van der Waals surface area (Å²) in [6, 6.07) is 5.12. The Bertz CT molecular complexity index is 625. The Kier molecular flexibility index (Phi) is 4.68. The van der Waals surface area contributed by atoms with Crippen molar-refractivity contribution in [1.82, 2.24) is 10.3 Å². The van der Waals surface area contributed by atoms with E-state index in [9.17, 15) is 4.79 Å². The van der Waals surface area contributed by atoms with Gasteiger partial charge in [0.05, 0.1) is 10.0 Å². The Morgan fingerprint density at radius 3 is 2.80 bits per heavy atom. The summed E-state index contributed by atoms with van der Waals surface area (Å²) in [5, 5.41) is 3.69. The van der Waals surface area contributed by atoms with Crippen LogP contribution in [0.4, 0.5) is 0 Å². The zero-order valence-electron chi connectivity index (χ0n) is 11.1. The molecule has 1 atom stereocenters. The Balaban J connectivity index is 2.20. The zero-order valence-corrected chi connectivity index (χ0v) is 12.6. The molecule has 0 saturated carbocycles. The summed E-state index contributed by atoms with van der Waals surface area (Å²) >= 11 is 11.8. The molecule has 1 aromatic heterocycles. The van der Waals surface area contributed by atoms with E-state index in [1.54, 1.807) is 18.2 Å². The van der Waals surface area contributed by atoms with Crippen LogP contribution >= 0.6 is 23.2 Å². The van der Waals surface area contributed by atoms with Crippen molar-refractivity contribution in [3.05, 3.63) is 40.2 Å². The maximum absolute atomic E-state index is 11.9. The van der Waals surface area contributed by atoms with Crippen LogP contribution in [0.3, 0.4) is 0 Å². The van der Waals surface area contributed by atoms with Crippen LogP contribution in [-0.4, -0.2) is 16.9 Å². The first kappa shape index (κ1) is 14.9. The van der Waals surface area contributed by atoms with Crippen LogP contribution in [0, 0.1) is 0 Å². The second-order valence-corrected chi connectivity index (χ2v) is 5.26. The van der Waals surface area contributed by atoms with Crippen molar-refractivity contribution in [2.45, 2.75) is 26.3 Å². The lowest BCUT2D eigenvalue weighted by atomic mass is 10.2. The number of nitrogens with zero attached hydrogens (tertiary/aromatic N) is 1. The number of halogens is 2. The highest BCUT2D eigenvalue weighted by Gasteiger charge is 2.15. The van der Waals surface area contributed by atoms with Gasteiger partial charge >= 0.3 is 0 Å². The number of rotatable bonds is 4. The number of hydrogen-bond acceptors (Lipinski definition) is 3. The summed E-state index contributed by atoms with van der Waals surface area (Å²) in [7, 11) is 0. The molecule has 1 heterocycles. The molecule has 2 rings (SSSR count). The summed E-state index contributed by atoms with van der Waals surface area (Å²) in [4.78, 5) is 16.1. The minimum Gasteiger partial charge on any atom is -0.444 e. The van der Waals surface area contributed by atoms with Crippen molar-refractivity contribution in [3.8, 4) is 11.5 Å². The average molecular weight is 313 g/mol. The van der Waals surface area contributed by atoms with Gasteiger partial charge in [0.1, 0.15) is 6.26 Å². The van der Waals surface area contributed by atoms with E-state index in [2.05, 4.69) is 10.3 Å². The highest BCUT2D eigenvalue weighted by atomic mass is 35.5.